The number of nitrogens with zero attached hydrogens (tertiary/aromatic N) is 4. The van der Waals surface area contributed by atoms with Crippen LogP contribution in [-0.4, -0.2) is 25.1 Å². The molecule has 2 rings (SSSR count). The van der Waals surface area contributed by atoms with E-state index in [1.807, 2.05) is 0 Å². The minimum absolute atomic E-state index is 0.362. The van der Waals surface area contributed by atoms with Crippen molar-refractivity contribution in [2.45, 2.75) is 19.8 Å². The van der Waals surface area contributed by atoms with Crippen molar-refractivity contribution in [1.82, 2.24) is 25.1 Å². The highest BCUT2D eigenvalue weighted by atomic mass is 15.2. The maximum absolute atomic E-state index is 4.24. The first-order valence-electron chi connectivity index (χ1n) is 3.80. The van der Waals surface area contributed by atoms with Crippen molar-refractivity contribution in [2.75, 3.05) is 0 Å². The van der Waals surface area contributed by atoms with Crippen molar-refractivity contribution in [3.05, 3.63) is 12.2 Å². The van der Waals surface area contributed by atoms with Crippen molar-refractivity contribution >= 4 is 11.3 Å². The first-order chi connectivity index (χ1) is 5.77. The second-order valence-corrected chi connectivity index (χ2v) is 2.91. The van der Waals surface area contributed by atoms with Crippen molar-refractivity contribution in [1.29, 1.82) is 0 Å². The first kappa shape index (κ1) is 7.15. The number of imidazole rings is 1. The molecule has 0 unspecified atom stereocenters. The number of hydrogen-bond donors (Lipinski definition) is 1. The quantitative estimate of drug-likeness (QED) is 0.677. The molecule has 62 valence electrons. The second kappa shape index (κ2) is 2.51. The summed E-state index contributed by atoms with van der Waals surface area (Å²) in [5.74, 6) is 1.26. The Labute approximate surface area is 69.3 Å². The number of H-pyrrole nitrogens is 1. The molecule has 2 aromatic rings. The number of aromatic nitrogens is 5. The summed E-state index contributed by atoms with van der Waals surface area (Å²) < 4.78 is 0. The maximum atomic E-state index is 4.24. The molecule has 0 fully saturated rings. The van der Waals surface area contributed by atoms with Crippen LogP contribution in [0.3, 0.4) is 0 Å². The fourth-order valence-electron chi connectivity index (χ4n) is 0.969. The normalized spacial score (nSPS) is 11.2. The molecule has 0 atom stereocenters. The number of aromatic amines is 1. The Morgan fingerprint density at radius 1 is 1.42 bits per heavy atom. The third-order valence-corrected chi connectivity index (χ3v) is 1.62. The highest BCUT2D eigenvalue weighted by molar-refractivity contribution is 5.63. The minimum Gasteiger partial charge on any atom is -0.323 e. The van der Waals surface area contributed by atoms with Gasteiger partial charge in [0.1, 0.15) is 12.2 Å². The summed E-state index contributed by atoms with van der Waals surface area (Å²) in [6.45, 7) is 4.12. The zero-order valence-corrected chi connectivity index (χ0v) is 6.94. The van der Waals surface area contributed by atoms with E-state index in [4.69, 9.17) is 0 Å². The Kier molecular flexibility index (Phi) is 1.49. The molecule has 2 aromatic heterocycles. The van der Waals surface area contributed by atoms with Crippen LogP contribution in [0.2, 0.25) is 0 Å². The van der Waals surface area contributed by atoms with Crippen LogP contribution >= 0.6 is 0 Å². The van der Waals surface area contributed by atoms with Gasteiger partial charge in [-0.05, 0) is 0 Å². The molecule has 0 bridgehead atoms. The zero-order valence-electron chi connectivity index (χ0n) is 6.94. The molecule has 0 saturated carbocycles. The maximum Gasteiger partial charge on any atom is 0.200 e. The van der Waals surface area contributed by atoms with Gasteiger partial charge in [-0.1, -0.05) is 13.8 Å². The van der Waals surface area contributed by atoms with Gasteiger partial charge < -0.3 is 4.98 Å². The van der Waals surface area contributed by atoms with E-state index in [1.165, 1.54) is 6.33 Å². The van der Waals surface area contributed by atoms with Crippen LogP contribution < -0.4 is 0 Å². The van der Waals surface area contributed by atoms with E-state index < -0.39 is 0 Å². The largest absolute Gasteiger partial charge is 0.323 e. The summed E-state index contributed by atoms with van der Waals surface area (Å²) in [5.41, 5.74) is 1.29. The van der Waals surface area contributed by atoms with Crippen LogP contribution in [-0.2, 0) is 0 Å². The lowest BCUT2D eigenvalue weighted by molar-refractivity contribution is 0.797. The molecule has 5 nitrogen and oxygen atoms in total. The SMILES string of the molecule is CC(C)c1nc2ncnnc2[nH]1. The van der Waals surface area contributed by atoms with Gasteiger partial charge in [-0.15, -0.1) is 10.2 Å². The molecule has 0 radical (unpaired) electrons. The Balaban J connectivity index is 2.62. The Bertz CT molecular complexity index is 358. The molecule has 1 N–H and O–H groups in total. The van der Waals surface area contributed by atoms with Crippen LogP contribution in [0.25, 0.3) is 11.3 Å². The predicted octanol–water partition coefficient (Wildman–Crippen LogP) is 0.871. The van der Waals surface area contributed by atoms with Gasteiger partial charge in [0.05, 0.1) is 0 Å². The standard InChI is InChI=1S/C7H9N5/c1-4(2)5-10-6-7(11-5)12-9-3-8-6/h3-4H,1-2H3,(H,8,9,10,11,12). The van der Waals surface area contributed by atoms with Gasteiger partial charge in [-0.25, -0.2) is 9.97 Å². The average Bonchev–Trinajstić information content (AvgIpc) is 2.46. The van der Waals surface area contributed by atoms with E-state index in [0.29, 0.717) is 17.2 Å². The molecule has 0 aliphatic carbocycles. The molecule has 0 amide bonds. The monoisotopic (exact) mass is 163 g/mol. The van der Waals surface area contributed by atoms with Gasteiger partial charge in [-0.3, -0.25) is 0 Å². The fourth-order valence-corrected chi connectivity index (χ4v) is 0.969. The summed E-state index contributed by atoms with van der Waals surface area (Å²) >= 11 is 0. The molecule has 5 heteroatoms. The fraction of sp³-hybridized carbons (Fsp3) is 0.429. The number of fused-ring (bicyclic) bond motifs is 1. The van der Waals surface area contributed by atoms with Crippen LogP contribution in [0.1, 0.15) is 25.6 Å². The van der Waals surface area contributed by atoms with E-state index in [9.17, 15) is 0 Å². The van der Waals surface area contributed by atoms with E-state index in [1.54, 1.807) is 0 Å². The number of hydrogen-bond acceptors (Lipinski definition) is 4. The summed E-state index contributed by atoms with van der Waals surface area (Å²) in [6.07, 6.45) is 1.40. The number of nitrogens with one attached hydrogen (secondary N) is 1. The zero-order chi connectivity index (χ0) is 8.55. The summed E-state index contributed by atoms with van der Waals surface area (Å²) in [6, 6.07) is 0. The van der Waals surface area contributed by atoms with Crippen LogP contribution in [0.4, 0.5) is 0 Å². The highest BCUT2D eigenvalue weighted by Gasteiger charge is 2.06. The molecule has 0 aromatic carbocycles. The predicted molar refractivity (Wildman–Crippen MR) is 43.6 cm³/mol. The van der Waals surface area contributed by atoms with Crippen molar-refractivity contribution in [3.8, 4) is 0 Å². The van der Waals surface area contributed by atoms with Crippen LogP contribution in [0, 0.1) is 0 Å². The third-order valence-electron chi connectivity index (χ3n) is 1.62. The molecular weight excluding hydrogens is 154 g/mol. The highest BCUT2D eigenvalue weighted by Crippen LogP contribution is 2.12. The van der Waals surface area contributed by atoms with Crippen LogP contribution in [0.15, 0.2) is 6.33 Å². The molecule has 0 saturated heterocycles. The lowest BCUT2D eigenvalue weighted by Crippen LogP contribution is -1.88. The summed E-state index contributed by atoms with van der Waals surface area (Å²) in [5, 5.41) is 7.51. The third kappa shape index (κ3) is 1.03. The average molecular weight is 163 g/mol. The molecule has 0 aliphatic rings. The van der Waals surface area contributed by atoms with Gasteiger partial charge in [0, 0.05) is 5.92 Å². The lowest BCUT2D eigenvalue weighted by Gasteiger charge is -1.94. The molecule has 0 aliphatic heterocycles. The molecule has 2 heterocycles. The van der Waals surface area contributed by atoms with E-state index >= 15 is 0 Å². The minimum atomic E-state index is 0.362. The molecule has 12 heavy (non-hydrogen) atoms. The lowest BCUT2D eigenvalue weighted by atomic mass is 10.2. The Hall–Kier alpha value is -1.52. The summed E-state index contributed by atoms with van der Waals surface area (Å²) in [4.78, 5) is 11.3. The van der Waals surface area contributed by atoms with Gasteiger partial charge in [0.25, 0.3) is 0 Å². The summed E-state index contributed by atoms with van der Waals surface area (Å²) in [7, 11) is 0. The van der Waals surface area contributed by atoms with Gasteiger partial charge in [-0.2, -0.15) is 0 Å². The second-order valence-electron chi connectivity index (χ2n) is 2.91. The molecular formula is C7H9N5. The van der Waals surface area contributed by atoms with Crippen LogP contribution in [0.5, 0.6) is 0 Å². The van der Waals surface area contributed by atoms with Crippen molar-refractivity contribution in [2.24, 2.45) is 0 Å². The first-order valence-corrected chi connectivity index (χ1v) is 3.80. The van der Waals surface area contributed by atoms with Gasteiger partial charge >= 0.3 is 0 Å². The smallest absolute Gasteiger partial charge is 0.200 e. The van der Waals surface area contributed by atoms with Crippen molar-refractivity contribution < 1.29 is 0 Å². The Morgan fingerprint density at radius 2 is 2.25 bits per heavy atom. The molecule has 0 spiro atoms. The van der Waals surface area contributed by atoms with E-state index in [0.717, 1.165) is 5.82 Å². The Morgan fingerprint density at radius 3 is 2.92 bits per heavy atom. The van der Waals surface area contributed by atoms with E-state index in [-0.39, 0.29) is 0 Å². The van der Waals surface area contributed by atoms with E-state index in [2.05, 4.69) is 39.0 Å². The number of rotatable bonds is 1. The van der Waals surface area contributed by atoms with Crippen molar-refractivity contribution in [3.63, 3.8) is 0 Å². The topological polar surface area (TPSA) is 67.3 Å². The van der Waals surface area contributed by atoms with Gasteiger partial charge in [0.15, 0.2) is 5.65 Å². The van der Waals surface area contributed by atoms with Gasteiger partial charge in [0.2, 0.25) is 5.65 Å².